The average molecular weight is 153 g/mol. The number of nitrogens with one attached hydrogen (secondary N) is 1. The molecule has 1 saturated carbocycles. The van der Waals surface area contributed by atoms with Gasteiger partial charge in [0.05, 0.1) is 0 Å². The highest BCUT2D eigenvalue weighted by atomic mass is 14.9. The van der Waals surface area contributed by atoms with Crippen LogP contribution in [0.5, 0.6) is 0 Å². The molecule has 1 aliphatic carbocycles. The maximum absolute atomic E-state index is 3.48. The summed E-state index contributed by atoms with van der Waals surface area (Å²) in [7, 11) is 0. The first kappa shape index (κ1) is 7.60. The van der Waals surface area contributed by atoms with E-state index in [4.69, 9.17) is 0 Å². The Hall–Kier alpha value is -0.0400. The Balaban J connectivity index is 1.84. The summed E-state index contributed by atoms with van der Waals surface area (Å²) in [6.07, 6.45) is 4.42. The van der Waals surface area contributed by atoms with Gasteiger partial charge in [-0.3, -0.25) is 0 Å². The highest BCUT2D eigenvalue weighted by molar-refractivity contribution is 5.06. The molecular weight excluding hydrogens is 134 g/mol. The molecule has 0 aromatic carbocycles. The van der Waals surface area contributed by atoms with E-state index < -0.39 is 0 Å². The lowest BCUT2D eigenvalue weighted by Crippen LogP contribution is -2.11. The summed E-state index contributed by atoms with van der Waals surface area (Å²) in [4.78, 5) is 0. The first-order valence-corrected chi connectivity index (χ1v) is 4.94. The third-order valence-electron chi connectivity index (χ3n) is 3.39. The van der Waals surface area contributed by atoms with E-state index in [2.05, 4.69) is 19.2 Å². The Bertz CT molecular complexity index is 145. The van der Waals surface area contributed by atoms with Gasteiger partial charge in [-0.1, -0.05) is 13.8 Å². The van der Waals surface area contributed by atoms with Crippen molar-refractivity contribution >= 4 is 0 Å². The van der Waals surface area contributed by atoms with E-state index in [0.29, 0.717) is 0 Å². The second kappa shape index (κ2) is 2.48. The molecule has 0 radical (unpaired) electrons. The zero-order valence-electron chi connectivity index (χ0n) is 7.69. The van der Waals surface area contributed by atoms with Gasteiger partial charge in [0.2, 0.25) is 0 Å². The Morgan fingerprint density at radius 3 is 2.91 bits per heavy atom. The summed E-state index contributed by atoms with van der Waals surface area (Å²) >= 11 is 0. The highest BCUT2D eigenvalue weighted by Crippen LogP contribution is 2.58. The van der Waals surface area contributed by atoms with E-state index in [-0.39, 0.29) is 0 Å². The molecular formula is C10H19N. The number of hydrogen-bond acceptors (Lipinski definition) is 1. The van der Waals surface area contributed by atoms with Crippen molar-refractivity contribution in [2.45, 2.75) is 33.1 Å². The molecule has 0 aromatic heterocycles. The Morgan fingerprint density at radius 1 is 1.55 bits per heavy atom. The van der Waals surface area contributed by atoms with Crippen LogP contribution in [0.15, 0.2) is 0 Å². The molecule has 1 saturated heterocycles. The summed E-state index contributed by atoms with van der Waals surface area (Å²) in [6, 6.07) is 0. The van der Waals surface area contributed by atoms with E-state index in [1.165, 1.54) is 32.4 Å². The van der Waals surface area contributed by atoms with Crippen molar-refractivity contribution in [3.63, 3.8) is 0 Å². The zero-order chi connectivity index (χ0) is 7.90. The molecule has 2 aliphatic rings. The maximum Gasteiger partial charge on any atom is 0.00111 e. The fraction of sp³-hybridized carbons (Fsp3) is 1.00. The van der Waals surface area contributed by atoms with Crippen LogP contribution >= 0.6 is 0 Å². The molecule has 1 heterocycles. The van der Waals surface area contributed by atoms with Crippen LogP contribution in [-0.4, -0.2) is 13.1 Å². The molecule has 1 N–H and O–H groups in total. The Morgan fingerprint density at radius 2 is 2.36 bits per heavy atom. The predicted octanol–water partition coefficient (Wildman–Crippen LogP) is 2.03. The van der Waals surface area contributed by atoms with Crippen molar-refractivity contribution in [1.82, 2.24) is 5.32 Å². The second-order valence-electron chi connectivity index (χ2n) is 4.82. The lowest BCUT2D eigenvalue weighted by molar-refractivity contribution is 0.434. The van der Waals surface area contributed by atoms with Gasteiger partial charge in [-0.15, -0.1) is 0 Å². The van der Waals surface area contributed by atoms with Crippen molar-refractivity contribution in [3.05, 3.63) is 0 Å². The molecule has 1 aliphatic heterocycles. The van der Waals surface area contributed by atoms with E-state index in [1.807, 2.05) is 0 Å². The molecule has 2 fully saturated rings. The van der Waals surface area contributed by atoms with Crippen LogP contribution in [0.1, 0.15) is 33.1 Å². The molecule has 0 amide bonds. The molecule has 2 atom stereocenters. The molecule has 1 nitrogen and oxygen atoms in total. The summed E-state index contributed by atoms with van der Waals surface area (Å²) in [5.74, 6) is 1.97. The second-order valence-corrected chi connectivity index (χ2v) is 4.82. The van der Waals surface area contributed by atoms with E-state index >= 15 is 0 Å². The SMILES string of the molecule is CC(C)CC1CC12CCNC2. The first-order chi connectivity index (χ1) is 5.23. The summed E-state index contributed by atoms with van der Waals surface area (Å²) in [6.45, 7) is 7.27. The van der Waals surface area contributed by atoms with E-state index in [9.17, 15) is 0 Å². The maximum atomic E-state index is 3.48. The molecule has 2 unspecified atom stereocenters. The van der Waals surface area contributed by atoms with Gasteiger partial charge in [-0.25, -0.2) is 0 Å². The van der Waals surface area contributed by atoms with Crippen LogP contribution in [0.25, 0.3) is 0 Å². The van der Waals surface area contributed by atoms with Gasteiger partial charge in [-0.2, -0.15) is 0 Å². The normalized spacial score (nSPS) is 42.3. The van der Waals surface area contributed by atoms with Crippen molar-refractivity contribution < 1.29 is 0 Å². The first-order valence-electron chi connectivity index (χ1n) is 4.94. The smallest absolute Gasteiger partial charge is 0.00111 e. The average Bonchev–Trinajstić information content (AvgIpc) is 2.43. The number of rotatable bonds is 2. The summed E-state index contributed by atoms with van der Waals surface area (Å²) in [5.41, 5.74) is 0.782. The van der Waals surface area contributed by atoms with Crippen molar-refractivity contribution in [3.8, 4) is 0 Å². The van der Waals surface area contributed by atoms with Gasteiger partial charge < -0.3 is 5.32 Å². The monoisotopic (exact) mass is 153 g/mol. The summed E-state index contributed by atoms with van der Waals surface area (Å²) < 4.78 is 0. The van der Waals surface area contributed by atoms with Gasteiger partial charge in [0, 0.05) is 6.54 Å². The van der Waals surface area contributed by atoms with E-state index in [1.54, 1.807) is 0 Å². The van der Waals surface area contributed by atoms with Crippen LogP contribution in [-0.2, 0) is 0 Å². The Labute approximate surface area is 69.6 Å². The predicted molar refractivity (Wildman–Crippen MR) is 47.5 cm³/mol. The molecule has 0 bridgehead atoms. The number of hydrogen-bond donors (Lipinski definition) is 1. The molecule has 1 heteroatoms. The third-order valence-corrected chi connectivity index (χ3v) is 3.39. The Kier molecular flexibility index (Phi) is 1.71. The third kappa shape index (κ3) is 1.31. The van der Waals surface area contributed by atoms with Gasteiger partial charge >= 0.3 is 0 Å². The molecule has 2 rings (SSSR count). The minimum Gasteiger partial charge on any atom is -0.316 e. The fourth-order valence-electron chi connectivity index (χ4n) is 2.62. The molecule has 64 valence electrons. The van der Waals surface area contributed by atoms with Crippen LogP contribution in [0.2, 0.25) is 0 Å². The molecule has 11 heavy (non-hydrogen) atoms. The topological polar surface area (TPSA) is 12.0 Å². The van der Waals surface area contributed by atoms with Crippen LogP contribution < -0.4 is 5.32 Å². The van der Waals surface area contributed by atoms with Crippen molar-refractivity contribution in [2.75, 3.05) is 13.1 Å². The van der Waals surface area contributed by atoms with Gasteiger partial charge in [0.15, 0.2) is 0 Å². The van der Waals surface area contributed by atoms with Crippen LogP contribution in [0.4, 0.5) is 0 Å². The summed E-state index contributed by atoms with van der Waals surface area (Å²) in [5, 5.41) is 3.48. The van der Waals surface area contributed by atoms with Crippen molar-refractivity contribution in [2.24, 2.45) is 17.3 Å². The minimum absolute atomic E-state index is 0.782. The lowest BCUT2D eigenvalue weighted by atomic mass is 9.97. The van der Waals surface area contributed by atoms with Gasteiger partial charge in [0.1, 0.15) is 0 Å². The minimum atomic E-state index is 0.782. The lowest BCUT2D eigenvalue weighted by Gasteiger charge is -2.08. The largest absolute Gasteiger partial charge is 0.316 e. The fourth-order valence-corrected chi connectivity index (χ4v) is 2.62. The quantitative estimate of drug-likeness (QED) is 0.640. The van der Waals surface area contributed by atoms with Crippen LogP contribution in [0, 0.1) is 17.3 Å². The van der Waals surface area contributed by atoms with Crippen LogP contribution in [0.3, 0.4) is 0 Å². The van der Waals surface area contributed by atoms with Gasteiger partial charge in [0.25, 0.3) is 0 Å². The standard InChI is InChI=1S/C10H19N/c1-8(2)5-9-6-10(9)3-4-11-7-10/h8-9,11H,3-7H2,1-2H3. The molecule has 1 spiro atoms. The molecule has 0 aromatic rings. The van der Waals surface area contributed by atoms with Gasteiger partial charge in [-0.05, 0) is 43.1 Å². The van der Waals surface area contributed by atoms with Crippen molar-refractivity contribution in [1.29, 1.82) is 0 Å². The highest BCUT2D eigenvalue weighted by Gasteiger charge is 2.54. The van der Waals surface area contributed by atoms with E-state index in [0.717, 1.165) is 17.3 Å². The zero-order valence-corrected chi connectivity index (χ0v) is 7.69.